The molecule has 0 N–H and O–H groups in total. The van der Waals surface area contributed by atoms with Gasteiger partial charge in [0.05, 0.1) is 5.39 Å². The summed E-state index contributed by atoms with van der Waals surface area (Å²) in [6, 6.07) is 12.7. The molecule has 3 aromatic carbocycles. The summed E-state index contributed by atoms with van der Waals surface area (Å²) in [6.07, 6.45) is 16.8. The molecule has 0 bridgehead atoms. The van der Waals surface area contributed by atoms with Crippen LogP contribution in [0.5, 0.6) is 0 Å². The van der Waals surface area contributed by atoms with Crippen molar-refractivity contribution in [3.8, 4) is 11.1 Å². The van der Waals surface area contributed by atoms with E-state index < -0.39 is 17.5 Å². The Morgan fingerprint density at radius 3 is 2.17 bits per heavy atom. The van der Waals surface area contributed by atoms with Crippen molar-refractivity contribution in [1.82, 2.24) is 0 Å². The maximum Gasteiger partial charge on any atom is 0.170 e. The molecule has 3 heteroatoms. The highest BCUT2D eigenvalue weighted by Crippen LogP contribution is 2.35. The van der Waals surface area contributed by atoms with Crippen LogP contribution in [0.2, 0.25) is 0 Å². The smallest absolute Gasteiger partial charge is 0.170 e. The summed E-state index contributed by atoms with van der Waals surface area (Å²) in [6.45, 7) is 5.73. The number of allylic oxidation sites excluding steroid dienone is 3. The molecular formula is C33H37F3. The summed E-state index contributed by atoms with van der Waals surface area (Å²) >= 11 is 0. The van der Waals surface area contributed by atoms with Crippen LogP contribution in [0.4, 0.5) is 13.2 Å². The second-order valence-corrected chi connectivity index (χ2v) is 10.3. The van der Waals surface area contributed by atoms with E-state index in [1.165, 1.54) is 44.1 Å². The maximum absolute atomic E-state index is 15.1. The Balaban J connectivity index is 1.44. The fraction of sp³-hybridized carbons (Fsp3) is 0.394. The molecule has 1 aliphatic rings. The first-order chi connectivity index (χ1) is 17.5. The molecule has 0 amide bonds. The summed E-state index contributed by atoms with van der Waals surface area (Å²) < 4.78 is 45.1. The molecular weight excluding hydrogens is 453 g/mol. The van der Waals surface area contributed by atoms with Crippen LogP contribution in [0.3, 0.4) is 0 Å². The minimum atomic E-state index is -1.11. The molecule has 0 unspecified atom stereocenters. The van der Waals surface area contributed by atoms with Crippen LogP contribution >= 0.6 is 0 Å². The lowest BCUT2D eigenvalue weighted by Crippen LogP contribution is -2.15. The van der Waals surface area contributed by atoms with E-state index in [1.807, 2.05) is 49.4 Å². The highest BCUT2D eigenvalue weighted by atomic mass is 19.2. The van der Waals surface area contributed by atoms with Crippen LogP contribution < -0.4 is 0 Å². The zero-order chi connectivity index (χ0) is 25.5. The second-order valence-electron chi connectivity index (χ2n) is 10.3. The fourth-order valence-electron chi connectivity index (χ4n) is 5.62. The topological polar surface area (TPSA) is 0 Å². The van der Waals surface area contributed by atoms with Crippen molar-refractivity contribution < 1.29 is 13.2 Å². The number of hydrogen-bond donors (Lipinski definition) is 0. The van der Waals surface area contributed by atoms with Gasteiger partial charge in [0.25, 0.3) is 0 Å². The van der Waals surface area contributed by atoms with Gasteiger partial charge in [0.1, 0.15) is 5.82 Å². The van der Waals surface area contributed by atoms with Gasteiger partial charge >= 0.3 is 0 Å². The Bertz CT molecular complexity index is 1200. The number of hydrogen-bond acceptors (Lipinski definition) is 0. The third-order valence-electron chi connectivity index (χ3n) is 7.87. The Hall–Kier alpha value is -2.81. The number of benzene rings is 3. The summed E-state index contributed by atoms with van der Waals surface area (Å²) in [4.78, 5) is 0. The maximum atomic E-state index is 15.1. The van der Waals surface area contributed by atoms with Gasteiger partial charge < -0.3 is 0 Å². The molecule has 0 nitrogen and oxygen atoms in total. The Morgan fingerprint density at radius 1 is 0.806 bits per heavy atom. The van der Waals surface area contributed by atoms with E-state index in [-0.39, 0.29) is 10.9 Å². The van der Waals surface area contributed by atoms with Crippen LogP contribution in [-0.4, -0.2) is 0 Å². The molecule has 190 valence electrons. The minimum Gasteiger partial charge on any atom is -0.206 e. The van der Waals surface area contributed by atoms with Crippen LogP contribution in [0.1, 0.15) is 69.4 Å². The van der Waals surface area contributed by atoms with Gasteiger partial charge in [0.15, 0.2) is 11.6 Å². The molecule has 0 atom stereocenters. The van der Waals surface area contributed by atoms with Crippen molar-refractivity contribution in [2.45, 2.75) is 71.1 Å². The molecule has 3 aromatic rings. The van der Waals surface area contributed by atoms with Gasteiger partial charge in [-0.2, -0.15) is 0 Å². The fourth-order valence-corrected chi connectivity index (χ4v) is 5.62. The highest BCUT2D eigenvalue weighted by Gasteiger charge is 2.21. The molecule has 0 aromatic heterocycles. The molecule has 0 saturated heterocycles. The lowest BCUT2D eigenvalue weighted by atomic mass is 9.78. The van der Waals surface area contributed by atoms with Gasteiger partial charge in [-0.25, -0.2) is 13.2 Å². The van der Waals surface area contributed by atoms with E-state index in [9.17, 15) is 0 Å². The normalized spacial score (nSPS) is 18.2. The van der Waals surface area contributed by atoms with Crippen LogP contribution in [0.25, 0.3) is 21.9 Å². The summed E-state index contributed by atoms with van der Waals surface area (Å²) in [7, 11) is 0. The van der Waals surface area contributed by atoms with Gasteiger partial charge in [-0.3, -0.25) is 0 Å². The third kappa shape index (κ3) is 6.11. The van der Waals surface area contributed by atoms with Crippen molar-refractivity contribution in [2.24, 2.45) is 11.8 Å². The first-order valence-corrected chi connectivity index (χ1v) is 13.4. The standard InChI is InChI=1S/C33H37F3/c1-3-5-7-9-27-20-21-28-22-29(32(35)33(36)30(28)31(27)34)26-18-16-25(17-19-26)15-14-24-12-10-23(11-13-24)8-6-4-2/h3-5,16-24H,2,6-15H2,1H3/b5-3+. The average molecular weight is 491 g/mol. The Labute approximate surface area is 213 Å². The van der Waals surface area contributed by atoms with Crippen LogP contribution in [-0.2, 0) is 12.8 Å². The first kappa shape index (κ1) is 26.3. The van der Waals surface area contributed by atoms with E-state index in [0.717, 1.165) is 24.7 Å². The molecule has 1 fully saturated rings. The van der Waals surface area contributed by atoms with E-state index in [2.05, 4.69) is 6.58 Å². The summed E-state index contributed by atoms with van der Waals surface area (Å²) in [5, 5.41) is 0.119. The Morgan fingerprint density at radius 2 is 1.50 bits per heavy atom. The molecule has 0 aliphatic heterocycles. The average Bonchev–Trinajstić information content (AvgIpc) is 2.90. The van der Waals surface area contributed by atoms with Crippen molar-refractivity contribution in [3.05, 3.63) is 95.9 Å². The number of fused-ring (bicyclic) bond motifs is 1. The lowest BCUT2D eigenvalue weighted by molar-refractivity contribution is 0.254. The molecule has 1 aliphatic carbocycles. The monoisotopic (exact) mass is 490 g/mol. The summed E-state index contributed by atoms with van der Waals surface area (Å²) in [5.74, 6) is -1.14. The van der Waals surface area contributed by atoms with E-state index in [4.69, 9.17) is 0 Å². The minimum absolute atomic E-state index is 0.172. The number of rotatable bonds is 10. The zero-order valence-electron chi connectivity index (χ0n) is 21.3. The number of aryl methyl sites for hydroxylation is 2. The number of halogens is 3. The van der Waals surface area contributed by atoms with Gasteiger partial charge in [0.2, 0.25) is 0 Å². The first-order valence-electron chi connectivity index (χ1n) is 13.4. The van der Waals surface area contributed by atoms with Crippen LogP contribution in [0, 0.1) is 29.3 Å². The zero-order valence-corrected chi connectivity index (χ0v) is 21.3. The van der Waals surface area contributed by atoms with E-state index >= 15 is 13.2 Å². The molecule has 4 rings (SSSR count). The van der Waals surface area contributed by atoms with Crippen molar-refractivity contribution in [2.75, 3.05) is 0 Å². The van der Waals surface area contributed by atoms with Crippen molar-refractivity contribution in [1.29, 1.82) is 0 Å². The van der Waals surface area contributed by atoms with E-state index in [1.54, 1.807) is 18.2 Å². The second kappa shape index (κ2) is 12.4. The molecule has 0 spiro atoms. The van der Waals surface area contributed by atoms with Crippen LogP contribution in [0.15, 0.2) is 67.3 Å². The molecule has 0 heterocycles. The summed E-state index contributed by atoms with van der Waals surface area (Å²) in [5.41, 5.74) is 2.40. The lowest BCUT2D eigenvalue weighted by Gasteiger charge is -2.28. The SMILES string of the molecule is C=CCCC1CCC(CCc2ccc(-c3cc4ccc(CC/C=C/C)c(F)c4c(F)c3F)cc2)CC1. The molecule has 1 saturated carbocycles. The predicted octanol–water partition coefficient (Wildman–Crippen LogP) is 10.1. The predicted molar refractivity (Wildman–Crippen MR) is 146 cm³/mol. The molecule has 36 heavy (non-hydrogen) atoms. The van der Waals surface area contributed by atoms with Crippen molar-refractivity contribution >= 4 is 10.8 Å². The van der Waals surface area contributed by atoms with Gasteiger partial charge in [-0.15, -0.1) is 6.58 Å². The third-order valence-corrected chi connectivity index (χ3v) is 7.87. The quantitative estimate of drug-likeness (QED) is 0.248. The Kier molecular flexibility index (Phi) is 9.07. The largest absolute Gasteiger partial charge is 0.206 e. The van der Waals surface area contributed by atoms with Gasteiger partial charge in [0, 0.05) is 5.56 Å². The van der Waals surface area contributed by atoms with E-state index in [0.29, 0.717) is 29.4 Å². The van der Waals surface area contributed by atoms with Gasteiger partial charge in [-0.05, 0) is 85.4 Å². The van der Waals surface area contributed by atoms with Gasteiger partial charge in [-0.1, -0.05) is 80.3 Å². The van der Waals surface area contributed by atoms with Crippen molar-refractivity contribution in [3.63, 3.8) is 0 Å². The molecule has 0 radical (unpaired) electrons. The highest BCUT2D eigenvalue weighted by molar-refractivity contribution is 5.89.